The van der Waals surface area contributed by atoms with Crippen LogP contribution in [0.25, 0.3) is 0 Å². The molecule has 2 amide bonds. The minimum absolute atomic E-state index is 0.315. The maximum atomic E-state index is 12.3. The summed E-state index contributed by atoms with van der Waals surface area (Å²) in [5.41, 5.74) is 1.29. The van der Waals surface area contributed by atoms with E-state index >= 15 is 0 Å². The van der Waals surface area contributed by atoms with E-state index in [-0.39, 0.29) is 11.8 Å². The maximum absolute atomic E-state index is 12.3. The van der Waals surface area contributed by atoms with E-state index in [1.807, 2.05) is 12.1 Å². The highest BCUT2D eigenvalue weighted by molar-refractivity contribution is 14.1. The Morgan fingerprint density at radius 1 is 1.11 bits per heavy atom. The minimum atomic E-state index is -0.337. The molecule has 94 valence electrons. The Morgan fingerprint density at radius 3 is 2.58 bits per heavy atom. The van der Waals surface area contributed by atoms with Crippen molar-refractivity contribution in [3.05, 3.63) is 55.8 Å². The first kappa shape index (κ1) is 12.7. The highest BCUT2D eigenvalue weighted by Crippen LogP contribution is 2.34. The second-order valence-electron chi connectivity index (χ2n) is 3.96. The first-order chi connectivity index (χ1) is 9.09. The summed E-state index contributed by atoms with van der Waals surface area (Å²) in [6.45, 7) is 0. The second kappa shape index (κ2) is 4.68. The SMILES string of the molecule is O=C1c2ccncc2C(=O)N1c1cc(I)ccc1Br. The first-order valence-electron chi connectivity index (χ1n) is 5.37. The van der Waals surface area contributed by atoms with Crippen molar-refractivity contribution in [3.63, 3.8) is 0 Å². The fourth-order valence-electron chi connectivity index (χ4n) is 1.96. The molecule has 0 aliphatic carbocycles. The van der Waals surface area contributed by atoms with Crippen LogP contribution >= 0.6 is 38.5 Å². The number of anilines is 1. The van der Waals surface area contributed by atoms with E-state index < -0.39 is 0 Å². The molecule has 4 nitrogen and oxygen atoms in total. The summed E-state index contributed by atoms with van der Waals surface area (Å²) in [5, 5.41) is 0. The van der Waals surface area contributed by atoms with E-state index in [9.17, 15) is 9.59 Å². The molecule has 0 unspecified atom stereocenters. The van der Waals surface area contributed by atoms with Gasteiger partial charge in [0, 0.05) is 20.4 Å². The van der Waals surface area contributed by atoms with Crippen LogP contribution < -0.4 is 4.90 Å². The molecule has 0 atom stereocenters. The molecule has 0 saturated heterocycles. The number of rotatable bonds is 1. The smallest absolute Gasteiger partial charge is 0.267 e. The molecule has 0 radical (unpaired) electrons. The number of amides is 2. The zero-order valence-electron chi connectivity index (χ0n) is 9.43. The third-order valence-electron chi connectivity index (χ3n) is 2.84. The number of aromatic nitrogens is 1. The van der Waals surface area contributed by atoms with Gasteiger partial charge in [0.2, 0.25) is 0 Å². The molecule has 0 spiro atoms. The van der Waals surface area contributed by atoms with Gasteiger partial charge in [-0.25, -0.2) is 4.90 Å². The van der Waals surface area contributed by atoms with Gasteiger partial charge >= 0.3 is 0 Å². The van der Waals surface area contributed by atoms with Gasteiger partial charge < -0.3 is 0 Å². The van der Waals surface area contributed by atoms with Crippen molar-refractivity contribution < 1.29 is 9.59 Å². The highest BCUT2D eigenvalue weighted by atomic mass is 127. The van der Waals surface area contributed by atoms with Crippen LogP contribution in [0.2, 0.25) is 0 Å². The van der Waals surface area contributed by atoms with E-state index in [1.165, 1.54) is 17.3 Å². The molecule has 2 aromatic rings. The predicted octanol–water partition coefficient (Wildman–Crippen LogP) is 3.25. The minimum Gasteiger partial charge on any atom is -0.268 e. The molecule has 0 N–H and O–H groups in total. The molecule has 0 bridgehead atoms. The number of pyridine rings is 1. The molecule has 6 heteroatoms. The summed E-state index contributed by atoms with van der Waals surface area (Å²) in [5.74, 6) is -0.652. The van der Waals surface area contributed by atoms with Crippen molar-refractivity contribution in [1.29, 1.82) is 0 Å². The number of nitrogens with zero attached hydrogens (tertiary/aromatic N) is 2. The van der Waals surface area contributed by atoms with Crippen molar-refractivity contribution in [2.24, 2.45) is 0 Å². The average Bonchev–Trinajstić information content (AvgIpc) is 2.66. The standard InChI is InChI=1S/C13H6BrIN2O2/c14-10-2-1-7(15)5-11(10)17-12(18)8-3-4-16-6-9(8)13(17)19/h1-6H. The number of hydrogen-bond acceptors (Lipinski definition) is 3. The predicted molar refractivity (Wildman–Crippen MR) is 82.2 cm³/mol. The molecular formula is C13H6BrIN2O2. The summed E-state index contributed by atoms with van der Waals surface area (Å²) in [6, 6.07) is 7.07. The summed E-state index contributed by atoms with van der Waals surface area (Å²) in [6.07, 6.45) is 2.94. The van der Waals surface area contributed by atoms with Crippen molar-refractivity contribution in [3.8, 4) is 0 Å². The molecule has 2 heterocycles. The molecule has 3 rings (SSSR count). The lowest BCUT2D eigenvalue weighted by Gasteiger charge is -2.15. The number of fused-ring (bicyclic) bond motifs is 1. The first-order valence-corrected chi connectivity index (χ1v) is 7.24. The molecule has 0 fully saturated rings. The number of imide groups is 1. The van der Waals surface area contributed by atoms with Gasteiger partial charge in [-0.2, -0.15) is 0 Å². The molecular weight excluding hydrogens is 423 g/mol. The van der Waals surface area contributed by atoms with Crippen LogP contribution in [0.4, 0.5) is 5.69 Å². The Labute approximate surface area is 131 Å². The summed E-state index contributed by atoms with van der Waals surface area (Å²) >= 11 is 5.52. The van der Waals surface area contributed by atoms with Gasteiger partial charge in [0.1, 0.15) is 0 Å². The van der Waals surface area contributed by atoms with Crippen LogP contribution in [0.1, 0.15) is 20.7 Å². The van der Waals surface area contributed by atoms with Gasteiger partial charge in [0.05, 0.1) is 16.8 Å². The molecule has 1 aromatic heterocycles. The number of carbonyl (C=O) groups is 2. The third-order valence-corrected chi connectivity index (χ3v) is 4.18. The Kier molecular flexibility index (Phi) is 3.14. The molecule has 1 aliphatic heterocycles. The van der Waals surface area contributed by atoms with E-state index in [1.54, 1.807) is 12.1 Å². The number of carbonyl (C=O) groups excluding carboxylic acids is 2. The van der Waals surface area contributed by atoms with Crippen molar-refractivity contribution in [2.45, 2.75) is 0 Å². The van der Waals surface area contributed by atoms with Crippen LogP contribution in [-0.2, 0) is 0 Å². The van der Waals surface area contributed by atoms with E-state index in [0.29, 0.717) is 21.3 Å². The normalized spacial score (nSPS) is 13.9. The lowest BCUT2D eigenvalue weighted by atomic mass is 10.2. The van der Waals surface area contributed by atoms with Gasteiger partial charge in [0.25, 0.3) is 11.8 Å². The van der Waals surface area contributed by atoms with Gasteiger partial charge in [-0.15, -0.1) is 0 Å². The summed E-state index contributed by atoms with van der Waals surface area (Å²) in [7, 11) is 0. The Hall–Kier alpha value is -1.28. The van der Waals surface area contributed by atoms with Crippen molar-refractivity contribution >= 4 is 56.0 Å². The monoisotopic (exact) mass is 428 g/mol. The van der Waals surface area contributed by atoms with Crippen LogP contribution in [0, 0.1) is 3.57 Å². The van der Waals surface area contributed by atoms with Crippen LogP contribution in [0.15, 0.2) is 41.1 Å². The average molecular weight is 429 g/mol. The number of hydrogen-bond donors (Lipinski definition) is 0. The van der Waals surface area contributed by atoms with Gasteiger partial charge in [0.15, 0.2) is 0 Å². The largest absolute Gasteiger partial charge is 0.268 e. The van der Waals surface area contributed by atoms with Gasteiger partial charge in [-0.05, 0) is 62.8 Å². The van der Waals surface area contributed by atoms with Crippen molar-refractivity contribution in [2.75, 3.05) is 4.90 Å². The quantitative estimate of drug-likeness (QED) is 0.517. The van der Waals surface area contributed by atoms with E-state index in [0.717, 1.165) is 3.57 Å². The van der Waals surface area contributed by atoms with Crippen LogP contribution in [0.5, 0.6) is 0 Å². The van der Waals surface area contributed by atoms with Gasteiger partial charge in [-0.3, -0.25) is 14.6 Å². The van der Waals surface area contributed by atoms with E-state index in [4.69, 9.17) is 0 Å². The van der Waals surface area contributed by atoms with E-state index in [2.05, 4.69) is 43.5 Å². The summed E-state index contributed by atoms with van der Waals surface area (Å²) in [4.78, 5) is 29.7. The fraction of sp³-hybridized carbons (Fsp3) is 0. The Bertz CT molecular complexity index is 683. The summed E-state index contributed by atoms with van der Waals surface area (Å²) < 4.78 is 1.65. The lowest BCUT2D eigenvalue weighted by Crippen LogP contribution is -2.29. The molecule has 19 heavy (non-hydrogen) atoms. The van der Waals surface area contributed by atoms with Gasteiger partial charge in [-0.1, -0.05) is 0 Å². The highest BCUT2D eigenvalue weighted by Gasteiger charge is 2.37. The molecule has 0 saturated carbocycles. The van der Waals surface area contributed by atoms with Crippen LogP contribution in [-0.4, -0.2) is 16.8 Å². The molecule has 1 aliphatic rings. The number of halogens is 2. The maximum Gasteiger partial charge on any atom is 0.267 e. The lowest BCUT2D eigenvalue weighted by molar-refractivity contribution is 0.0926. The Morgan fingerprint density at radius 2 is 1.84 bits per heavy atom. The second-order valence-corrected chi connectivity index (χ2v) is 6.06. The zero-order valence-corrected chi connectivity index (χ0v) is 13.2. The van der Waals surface area contributed by atoms with Crippen molar-refractivity contribution in [1.82, 2.24) is 4.98 Å². The number of benzene rings is 1. The fourth-order valence-corrected chi connectivity index (χ4v) is 2.86. The topological polar surface area (TPSA) is 50.3 Å². The Balaban J connectivity index is 2.17. The zero-order chi connectivity index (χ0) is 13.6. The van der Waals surface area contributed by atoms with Crippen LogP contribution in [0.3, 0.4) is 0 Å². The third kappa shape index (κ3) is 1.99. The molecule has 1 aromatic carbocycles.